The minimum atomic E-state index is -0.913. The van der Waals surface area contributed by atoms with Crippen LogP contribution in [0.4, 0.5) is 10.1 Å². The molecule has 3 aromatic rings. The van der Waals surface area contributed by atoms with Gasteiger partial charge in [0.25, 0.3) is 5.91 Å². The summed E-state index contributed by atoms with van der Waals surface area (Å²) in [4.78, 5) is 18.1. The number of rotatable bonds is 6. The van der Waals surface area contributed by atoms with Crippen molar-refractivity contribution >= 4 is 40.5 Å². The van der Waals surface area contributed by atoms with Crippen LogP contribution in [0.25, 0.3) is 0 Å². The first kappa shape index (κ1) is 24.0. The molecule has 2 aromatic carbocycles. The molecule has 0 aliphatic carbocycles. The molecule has 0 fully saturated rings. The van der Waals surface area contributed by atoms with E-state index in [1.54, 1.807) is 17.7 Å². The molecule has 0 spiro atoms. The second-order valence-electron chi connectivity index (χ2n) is 8.11. The normalized spacial score (nSPS) is 15.1. The molecule has 1 aliphatic rings. The Bertz CT molecular complexity index is 1260. The van der Waals surface area contributed by atoms with Crippen LogP contribution >= 0.6 is 23.2 Å². The minimum absolute atomic E-state index is 0.0943. The molecule has 0 radical (unpaired) electrons. The molecule has 7 nitrogen and oxygen atoms in total. The van der Waals surface area contributed by atoms with E-state index in [1.165, 1.54) is 12.1 Å². The fourth-order valence-corrected chi connectivity index (χ4v) is 4.15. The molecule has 1 unspecified atom stereocenters. The van der Waals surface area contributed by atoms with E-state index in [2.05, 4.69) is 15.6 Å². The Morgan fingerprint density at radius 3 is 2.62 bits per heavy atom. The monoisotopic (exact) mass is 504 g/mol. The zero-order valence-corrected chi connectivity index (χ0v) is 20.6. The van der Waals surface area contributed by atoms with Gasteiger partial charge in [-0.3, -0.25) is 4.79 Å². The summed E-state index contributed by atoms with van der Waals surface area (Å²) in [6, 6.07) is 8.07. The first-order valence-corrected chi connectivity index (χ1v) is 11.3. The number of halogens is 3. The summed E-state index contributed by atoms with van der Waals surface area (Å²) < 4.78 is 21.7. The largest absolute Gasteiger partial charge is 0.471 e. The van der Waals surface area contributed by atoms with Gasteiger partial charge in [-0.2, -0.15) is 5.10 Å². The molecular formula is C24H23Cl2FN4O3. The number of nitrogens with zero attached hydrogens (tertiary/aromatic N) is 3. The van der Waals surface area contributed by atoms with E-state index in [1.807, 2.05) is 32.9 Å². The predicted molar refractivity (Wildman–Crippen MR) is 129 cm³/mol. The fraction of sp³-hybridized carbons (Fsp3) is 0.292. The van der Waals surface area contributed by atoms with Gasteiger partial charge >= 0.3 is 0 Å². The summed E-state index contributed by atoms with van der Waals surface area (Å²) in [6.07, 6.45) is -0.819. The summed E-state index contributed by atoms with van der Waals surface area (Å²) in [5, 5.41) is 12.1. The van der Waals surface area contributed by atoms with Crippen molar-refractivity contribution in [2.75, 3.05) is 5.32 Å². The Morgan fingerprint density at radius 1 is 1.24 bits per heavy atom. The highest BCUT2D eigenvalue weighted by Crippen LogP contribution is 2.28. The molecule has 178 valence electrons. The number of aromatic nitrogens is 2. The lowest BCUT2D eigenvalue weighted by Crippen LogP contribution is -2.28. The van der Waals surface area contributed by atoms with Crippen molar-refractivity contribution in [3.63, 3.8) is 0 Å². The highest BCUT2D eigenvalue weighted by atomic mass is 35.5. The number of aryl methyl sites for hydroxylation is 3. The first-order valence-electron chi connectivity index (χ1n) is 10.6. The van der Waals surface area contributed by atoms with E-state index in [0.29, 0.717) is 27.8 Å². The highest BCUT2D eigenvalue weighted by Gasteiger charge is 2.32. The van der Waals surface area contributed by atoms with E-state index in [4.69, 9.17) is 32.8 Å². The summed E-state index contributed by atoms with van der Waals surface area (Å²) >= 11 is 12.3. The molecule has 34 heavy (non-hydrogen) atoms. The van der Waals surface area contributed by atoms with Crippen LogP contribution in [0.1, 0.15) is 34.5 Å². The Labute approximate surface area is 206 Å². The average Bonchev–Trinajstić information content (AvgIpc) is 3.36. The van der Waals surface area contributed by atoms with Crippen molar-refractivity contribution in [1.82, 2.24) is 9.78 Å². The number of nitrogens with one attached hydrogen (secondary N) is 1. The van der Waals surface area contributed by atoms with Crippen molar-refractivity contribution < 1.29 is 18.8 Å². The van der Waals surface area contributed by atoms with E-state index in [-0.39, 0.29) is 29.4 Å². The number of anilines is 1. The second kappa shape index (κ2) is 9.64. The minimum Gasteiger partial charge on any atom is -0.471 e. The average molecular weight is 505 g/mol. The van der Waals surface area contributed by atoms with E-state index < -0.39 is 17.8 Å². The van der Waals surface area contributed by atoms with Crippen LogP contribution in [0.5, 0.6) is 5.75 Å². The van der Waals surface area contributed by atoms with Gasteiger partial charge in [0.2, 0.25) is 6.10 Å². The van der Waals surface area contributed by atoms with Crippen LogP contribution in [0, 0.1) is 33.5 Å². The SMILES string of the molecule is Cc1cc(OCn2nc(C)c(NC(=O)C3CC(c4c(F)cccc4Cl)=NO3)c2C)cc(C)c1Cl. The molecule has 1 amide bonds. The molecule has 2 heterocycles. The van der Waals surface area contributed by atoms with Gasteiger partial charge < -0.3 is 14.9 Å². The second-order valence-corrected chi connectivity index (χ2v) is 8.90. The number of carbonyl (C=O) groups is 1. The lowest BCUT2D eigenvalue weighted by Gasteiger charge is -2.12. The standard InChI is InChI=1S/C24H23Cl2FN4O3/c1-12-8-16(9-13(2)22(12)26)33-11-31-15(4)23(14(3)29-31)28-24(32)20-10-19(30-34-20)21-17(25)6-5-7-18(21)27/h5-9,20H,10-11H2,1-4H3,(H,28,32). The van der Waals surface area contributed by atoms with Crippen molar-refractivity contribution in [2.24, 2.45) is 5.16 Å². The molecule has 1 aromatic heterocycles. The van der Waals surface area contributed by atoms with Gasteiger partial charge in [-0.05, 0) is 63.1 Å². The maximum absolute atomic E-state index is 14.2. The molecule has 0 bridgehead atoms. The van der Waals surface area contributed by atoms with Crippen LogP contribution < -0.4 is 10.1 Å². The number of amides is 1. The number of carbonyl (C=O) groups excluding carboxylic acids is 1. The molecule has 10 heteroatoms. The van der Waals surface area contributed by atoms with Crippen LogP contribution in [0.2, 0.25) is 10.0 Å². The molecule has 4 rings (SSSR count). The van der Waals surface area contributed by atoms with Crippen molar-refractivity contribution in [2.45, 2.75) is 47.0 Å². The van der Waals surface area contributed by atoms with E-state index in [0.717, 1.165) is 11.1 Å². The smallest absolute Gasteiger partial charge is 0.268 e. The highest BCUT2D eigenvalue weighted by molar-refractivity contribution is 6.34. The maximum atomic E-state index is 14.2. The molecule has 1 atom stereocenters. The Kier molecular flexibility index (Phi) is 6.81. The third kappa shape index (κ3) is 4.74. The predicted octanol–water partition coefficient (Wildman–Crippen LogP) is 5.73. The third-order valence-corrected chi connectivity index (χ3v) is 6.52. The Hall–Kier alpha value is -3.10. The molecule has 0 saturated carbocycles. The van der Waals surface area contributed by atoms with Crippen molar-refractivity contribution in [1.29, 1.82) is 0 Å². The summed E-state index contributed by atoms with van der Waals surface area (Å²) in [5.41, 5.74) is 4.16. The zero-order valence-electron chi connectivity index (χ0n) is 19.1. The van der Waals surface area contributed by atoms with Gasteiger partial charge in [0.05, 0.1) is 33.4 Å². The maximum Gasteiger partial charge on any atom is 0.268 e. The summed E-state index contributed by atoms with van der Waals surface area (Å²) in [7, 11) is 0. The van der Waals surface area contributed by atoms with Crippen LogP contribution in [0.15, 0.2) is 35.5 Å². The first-order chi connectivity index (χ1) is 16.2. The Morgan fingerprint density at radius 2 is 1.94 bits per heavy atom. The number of hydrogen-bond acceptors (Lipinski definition) is 5. The van der Waals surface area contributed by atoms with Gasteiger partial charge in [-0.1, -0.05) is 34.4 Å². The van der Waals surface area contributed by atoms with Crippen molar-refractivity contribution in [3.8, 4) is 5.75 Å². The fourth-order valence-electron chi connectivity index (χ4n) is 3.77. The third-order valence-electron chi connectivity index (χ3n) is 5.61. The number of ether oxygens (including phenoxy) is 1. The molecular weight excluding hydrogens is 482 g/mol. The van der Waals surface area contributed by atoms with Gasteiger partial charge in [0.1, 0.15) is 11.6 Å². The zero-order chi connectivity index (χ0) is 24.6. The topological polar surface area (TPSA) is 77.7 Å². The van der Waals surface area contributed by atoms with Crippen LogP contribution in [-0.4, -0.2) is 27.5 Å². The van der Waals surface area contributed by atoms with Gasteiger partial charge in [0.15, 0.2) is 6.73 Å². The van der Waals surface area contributed by atoms with E-state index in [9.17, 15) is 9.18 Å². The van der Waals surface area contributed by atoms with Crippen LogP contribution in [-0.2, 0) is 16.4 Å². The molecule has 1 N–H and O–H groups in total. The van der Waals surface area contributed by atoms with Gasteiger partial charge in [-0.25, -0.2) is 9.07 Å². The van der Waals surface area contributed by atoms with E-state index >= 15 is 0 Å². The van der Waals surface area contributed by atoms with Gasteiger partial charge in [0, 0.05) is 11.4 Å². The quantitative estimate of drug-likeness (QED) is 0.464. The molecule has 0 saturated heterocycles. The molecule has 1 aliphatic heterocycles. The van der Waals surface area contributed by atoms with Gasteiger partial charge in [-0.15, -0.1) is 0 Å². The number of benzene rings is 2. The van der Waals surface area contributed by atoms with Crippen LogP contribution in [0.3, 0.4) is 0 Å². The lowest BCUT2D eigenvalue weighted by atomic mass is 10.0. The number of oxime groups is 1. The summed E-state index contributed by atoms with van der Waals surface area (Å²) in [6.45, 7) is 7.60. The number of hydrogen-bond donors (Lipinski definition) is 1. The Balaban J connectivity index is 1.42. The lowest BCUT2D eigenvalue weighted by molar-refractivity contribution is -0.125. The van der Waals surface area contributed by atoms with Crippen molar-refractivity contribution in [3.05, 3.63) is 74.3 Å². The summed E-state index contributed by atoms with van der Waals surface area (Å²) in [5.74, 6) is -0.259.